The zero-order chi connectivity index (χ0) is 20.8. The number of methoxy groups -OCH3 is 1. The molecule has 0 bridgehead atoms. The minimum absolute atomic E-state index is 0.0394. The third kappa shape index (κ3) is 6.04. The fourth-order valence-electron chi connectivity index (χ4n) is 3.22. The SMILES string of the molecule is C=C1/C=C(/C)[C@H](CC)OC(=O)[C@H](C)C(=O)C(O)(CO)C/C(OC)=C\[C@@H](C)C1. The second-order valence-electron chi connectivity index (χ2n) is 7.35. The number of aliphatic hydroxyl groups excluding tert-OH is 1. The highest BCUT2D eigenvalue weighted by Crippen LogP contribution is 2.27. The number of cyclic esters (lactones) is 1. The summed E-state index contributed by atoms with van der Waals surface area (Å²) in [4.78, 5) is 25.2. The molecule has 1 unspecified atom stereocenters. The standard InChI is InChI=1S/C21H32O6/c1-7-18-15(4)9-13(2)8-14(3)10-17(26-6)11-21(25,12-22)19(23)16(5)20(24)27-18/h9-10,14,16,18,22,25H,2,7-8,11-12H2,1,3-6H3/b15-9-,17-10+/t14-,16+,18-,21?/m0/s1. The van der Waals surface area contributed by atoms with E-state index in [1.54, 1.807) is 6.08 Å². The molecule has 1 heterocycles. The number of aliphatic hydroxyl groups is 2. The van der Waals surface area contributed by atoms with E-state index in [9.17, 15) is 19.8 Å². The molecule has 1 aliphatic heterocycles. The van der Waals surface area contributed by atoms with E-state index in [4.69, 9.17) is 9.47 Å². The lowest BCUT2D eigenvalue weighted by Gasteiger charge is -2.29. The van der Waals surface area contributed by atoms with Gasteiger partial charge in [0, 0.05) is 6.42 Å². The van der Waals surface area contributed by atoms with Crippen LogP contribution in [0.25, 0.3) is 0 Å². The average molecular weight is 380 g/mol. The Bertz CT molecular complexity index is 633. The molecule has 27 heavy (non-hydrogen) atoms. The molecule has 6 heteroatoms. The highest BCUT2D eigenvalue weighted by Gasteiger charge is 2.42. The highest BCUT2D eigenvalue weighted by molar-refractivity contribution is 6.03. The maximum Gasteiger partial charge on any atom is 0.316 e. The molecule has 0 radical (unpaired) electrons. The first-order valence-electron chi connectivity index (χ1n) is 9.26. The summed E-state index contributed by atoms with van der Waals surface area (Å²) >= 11 is 0. The molecule has 6 nitrogen and oxygen atoms in total. The summed E-state index contributed by atoms with van der Waals surface area (Å²) in [6.45, 7) is 10.3. The Morgan fingerprint density at radius 2 is 2.00 bits per heavy atom. The molecule has 0 amide bonds. The Hall–Kier alpha value is -1.92. The van der Waals surface area contributed by atoms with Crippen molar-refractivity contribution in [1.29, 1.82) is 0 Å². The van der Waals surface area contributed by atoms with E-state index in [-0.39, 0.29) is 12.3 Å². The van der Waals surface area contributed by atoms with Gasteiger partial charge in [0.1, 0.15) is 12.0 Å². The number of carbonyl (C=O) groups is 2. The van der Waals surface area contributed by atoms with E-state index < -0.39 is 36.0 Å². The van der Waals surface area contributed by atoms with Crippen LogP contribution in [0, 0.1) is 11.8 Å². The number of hydrogen-bond acceptors (Lipinski definition) is 6. The first kappa shape index (κ1) is 23.1. The zero-order valence-electron chi connectivity index (χ0n) is 16.9. The van der Waals surface area contributed by atoms with Crippen molar-refractivity contribution in [2.45, 2.75) is 58.7 Å². The zero-order valence-corrected chi connectivity index (χ0v) is 16.9. The van der Waals surface area contributed by atoms with Crippen molar-refractivity contribution in [2.75, 3.05) is 13.7 Å². The van der Waals surface area contributed by atoms with E-state index in [1.807, 2.05) is 26.8 Å². The Balaban J connectivity index is 3.38. The number of Topliss-reactive ketones (excluding diaryl/α,β-unsaturated/α-hetero) is 1. The Labute approximate surface area is 161 Å². The molecule has 0 aromatic heterocycles. The third-order valence-electron chi connectivity index (χ3n) is 4.82. The second kappa shape index (κ2) is 9.85. The molecule has 0 fully saturated rings. The molecule has 1 aliphatic rings. The van der Waals surface area contributed by atoms with Gasteiger partial charge in [-0.2, -0.15) is 0 Å². The molecule has 0 spiro atoms. The molecule has 0 aromatic rings. The Kier molecular flexibility index (Phi) is 8.44. The second-order valence-corrected chi connectivity index (χ2v) is 7.35. The van der Waals surface area contributed by atoms with E-state index in [2.05, 4.69) is 6.58 Å². The van der Waals surface area contributed by atoms with Crippen molar-refractivity contribution in [2.24, 2.45) is 11.8 Å². The summed E-state index contributed by atoms with van der Waals surface area (Å²) in [5.74, 6) is -2.33. The van der Waals surface area contributed by atoms with Gasteiger partial charge in [0.15, 0.2) is 11.4 Å². The summed E-state index contributed by atoms with van der Waals surface area (Å²) in [5.41, 5.74) is -0.402. The van der Waals surface area contributed by atoms with Gasteiger partial charge < -0.3 is 19.7 Å². The van der Waals surface area contributed by atoms with Gasteiger partial charge in [-0.3, -0.25) is 9.59 Å². The van der Waals surface area contributed by atoms with Gasteiger partial charge in [0.25, 0.3) is 0 Å². The lowest BCUT2D eigenvalue weighted by molar-refractivity contribution is -0.162. The largest absolute Gasteiger partial charge is 0.501 e. The van der Waals surface area contributed by atoms with Crippen LogP contribution in [0.2, 0.25) is 0 Å². The van der Waals surface area contributed by atoms with Crippen LogP contribution in [0.5, 0.6) is 0 Å². The highest BCUT2D eigenvalue weighted by atomic mass is 16.5. The quantitative estimate of drug-likeness (QED) is 0.578. The number of carbonyl (C=O) groups excluding carboxylic acids is 2. The summed E-state index contributed by atoms with van der Waals surface area (Å²) in [6.07, 6.45) is 4.19. The number of ketones is 1. The number of rotatable bonds is 3. The van der Waals surface area contributed by atoms with Gasteiger partial charge in [0.05, 0.1) is 19.5 Å². The van der Waals surface area contributed by atoms with Gasteiger partial charge in [0.2, 0.25) is 0 Å². The van der Waals surface area contributed by atoms with Gasteiger partial charge in [-0.05, 0) is 44.3 Å². The van der Waals surface area contributed by atoms with Gasteiger partial charge in [-0.15, -0.1) is 0 Å². The molecule has 0 aromatic carbocycles. The molecular formula is C21H32O6. The average Bonchev–Trinajstić information content (AvgIpc) is 2.62. The van der Waals surface area contributed by atoms with E-state index >= 15 is 0 Å². The monoisotopic (exact) mass is 380 g/mol. The van der Waals surface area contributed by atoms with Crippen LogP contribution in [0.3, 0.4) is 0 Å². The van der Waals surface area contributed by atoms with Crippen LogP contribution >= 0.6 is 0 Å². The Morgan fingerprint density at radius 1 is 1.37 bits per heavy atom. The molecule has 1 rings (SSSR count). The van der Waals surface area contributed by atoms with Gasteiger partial charge >= 0.3 is 5.97 Å². The third-order valence-corrected chi connectivity index (χ3v) is 4.82. The van der Waals surface area contributed by atoms with Gasteiger partial charge in [-0.1, -0.05) is 32.1 Å². The first-order chi connectivity index (χ1) is 12.6. The predicted molar refractivity (Wildman–Crippen MR) is 103 cm³/mol. The molecule has 4 atom stereocenters. The van der Waals surface area contributed by atoms with E-state index in [0.717, 1.165) is 11.1 Å². The molecule has 0 saturated carbocycles. The van der Waals surface area contributed by atoms with E-state index in [0.29, 0.717) is 18.6 Å². The smallest absolute Gasteiger partial charge is 0.316 e. The van der Waals surface area contributed by atoms with Crippen LogP contribution in [0.1, 0.15) is 47.0 Å². The molecule has 0 saturated heterocycles. The molecule has 152 valence electrons. The van der Waals surface area contributed by atoms with E-state index in [1.165, 1.54) is 14.0 Å². The maximum atomic E-state index is 12.7. The summed E-state index contributed by atoms with van der Waals surface area (Å²) in [5, 5.41) is 20.4. The Morgan fingerprint density at radius 3 is 2.52 bits per heavy atom. The number of ether oxygens (including phenoxy) is 2. The summed E-state index contributed by atoms with van der Waals surface area (Å²) in [7, 11) is 1.44. The maximum absolute atomic E-state index is 12.7. The van der Waals surface area contributed by atoms with Crippen LogP contribution < -0.4 is 0 Å². The van der Waals surface area contributed by atoms with Crippen LogP contribution in [0.4, 0.5) is 0 Å². The van der Waals surface area contributed by atoms with Crippen molar-refractivity contribution in [3.8, 4) is 0 Å². The van der Waals surface area contributed by atoms with Crippen molar-refractivity contribution in [3.05, 3.63) is 35.6 Å². The molecular weight excluding hydrogens is 348 g/mol. The van der Waals surface area contributed by atoms with Crippen LogP contribution in [-0.2, 0) is 19.1 Å². The summed E-state index contributed by atoms with van der Waals surface area (Å²) < 4.78 is 10.8. The normalized spacial score (nSPS) is 35.4. The van der Waals surface area contributed by atoms with Crippen molar-refractivity contribution >= 4 is 11.8 Å². The minimum Gasteiger partial charge on any atom is -0.501 e. The fourth-order valence-corrected chi connectivity index (χ4v) is 3.22. The molecule has 0 aliphatic carbocycles. The topological polar surface area (TPSA) is 93.1 Å². The molecule has 2 N–H and O–H groups in total. The number of hydrogen-bond donors (Lipinski definition) is 2. The number of esters is 1. The minimum atomic E-state index is -2.12. The summed E-state index contributed by atoms with van der Waals surface area (Å²) in [6, 6.07) is 0. The lowest BCUT2D eigenvalue weighted by atomic mass is 9.86. The van der Waals surface area contributed by atoms with Crippen molar-refractivity contribution in [3.63, 3.8) is 0 Å². The van der Waals surface area contributed by atoms with Gasteiger partial charge in [-0.25, -0.2) is 0 Å². The fraction of sp³-hybridized carbons (Fsp3) is 0.619. The van der Waals surface area contributed by atoms with Crippen molar-refractivity contribution in [1.82, 2.24) is 0 Å². The lowest BCUT2D eigenvalue weighted by Crippen LogP contribution is -2.48. The predicted octanol–water partition coefficient (Wildman–Crippen LogP) is 2.70. The number of allylic oxidation sites excluding steroid dienone is 3. The van der Waals surface area contributed by atoms with Crippen molar-refractivity contribution < 1.29 is 29.3 Å². The first-order valence-corrected chi connectivity index (χ1v) is 9.26. The van der Waals surface area contributed by atoms with Crippen LogP contribution in [-0.4, -0.2) is 47.4 Å². The van der Waals surface area contributed by atoms with Crippen LogP contribution in [0.15, 0.2) is 35.6 Å².